The number of ether oxygens (including phenoxy) is 2. The lowest BCUT2D eigenvalue weighted by Crippen LogP contribution is -2.53. The largest absolute Gasteiger partial charge is 0.496 e. The first kappa shape index (κ1) is 21.0. The number of likely N-dealkylation sites (tertiary alicyclic amines) is 2. The zero-order valence-electron chi connectivity index (χ0n) is 18.3. The number of benzene rings is 1. The number of methoxy groups -OCH3 is 1. The van der Waals surface area contributed by atoms with Gasteiger partial charge in [0.2, 0.25) is 0 Å². The van der Waals surface area contributed by atoms with E-state index in [0.717, 1.165) is 45.2 Å². The molecular formula is C23H33N3O4. The van der Waals surface area contributed by atoms with Crippen LogP contribution in [0.5, 0.6) is 5.75 Å². The van der Waals surface area contributed by atoms with Crippen molar-refractivity contribution in [2.24, 2.45) is 5.41 Å². The topological polar surface area (TPSA) is 85.1 Å². The van der Waals surface area contributed by atoms with Crippen LogP contribution in [-0.2, 0) is 9.53 Å². The normalized spacial score (nSPS) is 27.3. The summed E-state index contributed by atoms with van der Waals surface area (Å²) in [6.07, 6.45) is 4.52. The van der Waals surface area contributed by atoms with Gasteiger partial charge in [0, 0.05) is 37.8 Å². The quantitative estimate of drug-likeness (QED) is 0.604. The van der Waals surface area contributed by atoms with E-state index < -0.39 is 0 Å². The van der Waals surface area contributed by atoms with E-state index in [9.17, 15) is 9.59 Å². The smallest absolute Gasteiger partial charge is 0.314 e. The van der Waals surface area contributed by atoms with Crippen LogP contribution < -0.4 is 10.5 Å². The van der Waals surface area contributed by atoms with Gasteiger partial charge in [-0.3, -0.25) is 14.5 Å². The summed E-state index contributed by atoms with van der Waals surface area (Å²) in [5.41, 5.74) is 6.24. The third-order valence-corrected chi connectivity index (χ3v) is 6.93. The summed E-state index contributed by atoms with van der Waals surface area (Å²) in [5.74, 6) is 0.415. The van der Waals surface area contributed by atoms with Gasteiger partial charge in [0.1, 0.15) is 16.9 Å². The third kappa shape index (κ3) is 3.75. The highest BCUT2D eigenvalue weighted by atomic mass is 16.6. The number of piperidine rings is 2. The van der Waals surface area contributed by atoms with E-state index in [-0.39, 0.29) is 22.9 Å². The van der Waals surface area contributed by atoms with E-state index in [4.69, 9.17) is 15.2 Å². The Kier molecular flexibility index (Phi) is 5.43. The Bertz CT molecular complexity index is 832. The molecule has 1 amide bonds. The SMILES string of the molecule is COc1cccc(N)c1C(=O)N1CCC(N2CCCC3(C2)CC(C)(C)OC3=O)CC1. The first-order chi connectivity index (χ1) is 14.2. The lowest BCUT2D eigenvalue weighted by Gasteiger charge is -2.45. The van der Waals surface area contributed by atoms with Crippen molar-refractivity contribution in [2.45, 2.75) is 57.6 Å². The number of rotatable bonds is 3. The van der Waals surface area contributed by atoms with Gasteiger partial charge in [-0.15, -0.1) is 0 Å². The number of nitrogens with zero attached hydrogens (tertiary/aromatic N) is 2. The number of carbonyl (C=O) groups is 2. The highest BCUT2D eigenvalue weighted by Crippen LogP contribution is 2.46. The summed E-state index contributed by atoms with van der Waals surface area (Å²) >= 11 is 0. The monoisotopic (exact) mass is 415 g/mol. The van der Waals surface area contributed by atoms with Crippen molar-refractivity contribution in [2.75, 3.05) is 39.0 Å². The van der Waals surface area contributed by atoms with Gasteiger partial charge in [-0.1, -0.05) is 6.07 Å². The van der Waals surface area contributed by atoms with Crippen LogP contribution in [0.3, 0.4) is 0 Å². The standard InChI is InChI=1S/C23H33N3O4/c1-22(2)14-23(21(28)30-22)10-5-11-26(15-23)16-8-12-25(13-9-16)20(27)19-17(24)6-4-7-18(19)29-3/h4,6-7,16H,5,8-15,24H2,1-3H3. The first-order valence-corrected chi connectivity index (χ1v) is 10.9. The minimum Gasteiger partial charge on any atom is -0.496 e. The number of hydrogen-bond donors (Lipinski definition) is 1. The predicted octanol–water partition coefficient (Wildman–Crippen LogP) is 2.69. The van der Waals surface area contributed by atoms with Gasteiger partial charge < -0.3 is 20.1 Å². The van der Waals surface area contributed by atoms with Crippen LogP contribution in [0.25, 0.3) is 0 Å². The molecule has 0 aliphatic carbocycles. The van der Waals surface area contributed by atoms with Crippen LogP contribution in [0.4, 0.5) is 5.69 Å². The molecule has 0 aromatic heterocycles. The van der Waals surface area contributed by atoms with Crippen molar-refractivity contribution in [3.05, 3.63) is 23.8 Å². The summed E-state index contributed by atoms with van der Waals surface area (Å²) in [6, 6.07) is 5.68. The van der Waals surface area contributed by atoms with Crippen molar-refractivity contribution in [3.63, 3.8) is 0 Å². The van der Waals surface area contributed by atoms with Gasteiger partial charge in [0.15, 0.2) is 0 Å². The molecule has 2 N–H and O–H groups in total. The van der Waals surface area contributed by atoms with Crippen LogP contribution in [0.15, 0.2) is 18.2 Å². The van der Waals surface area contributed by atoms with Crippen molar-refractivity contribution in [1.29, 1.82) is 0 Å². The fraction of sp³-hybridized carbons (Fsp3) is 0.652. The molecule has 164 valence electrons. The number of hydrogen-bond acceptors (Lipinski definition) is 6. The summed E-state index contributed by atoms with van der Waals surface area (Å²) in [7, 11) is 1.55. The maximum absolute atomic E-state index is 13.1. The number of amides is 1. The summed E-state index contributed by atoms with van der Waals surface area (Å²) in [6.45, 7) is 7.15. The van der Waals surface area contributed by atoms with E-state index in [2.05, 4.69) is 4.90 Å². The Morgan fingerprint density at radius 3 is 2.60 bits per heavy atom. The summed E-state index contributed by atoms with van der Waals surface area (Å²) < 4.78 is 11.0. The van der Waals surface area contributed by atoms with E-state index >= 15 is 0 Å². The van der Waals surface area contributed by atoms with Gasteiger partial charge in [-0.25, -0.2) is 0 Å². The zero-order chi connectivity index (χ0) is 21.5. The van der Waals surface area contributed by atoms with Crippen LogP contribution in [0, 0.1) is 5.41 Å². The molecule has 1 unspecified atom stereocenters. The minimum absolute atomic E-state index is 0.0311. The maximum Gasteiger partial charge on any atom is 0.314 e. The van der Waals surface area contributed by atoms with Gasteiger partial charge in [0.25, 0.3) is 5.91 Å². The van der Waals surface area contributed by atoms with Gasteiger partial charge in [-0.05, 0) is 58.2 Å². The molecule has 3 saturated heterocycles. The molecule has 7 nitrogen and oxygen atoms in total. The lowest BCUT2D eigenvalue weighted by atomic mass is 9.74. The predicted molar refractivity (Wildman–Crippen MR) is 114 cm³/mol. The van der Waals surface area contributed by atoms with E-state index in [1.165, 1.54) is 0 Å². The molecule has 1 aromatic carbocycles. The number of esters is 1. The Labute approximate surface area is 178 Å². The Morgan fingerprint density at radius 2 is 1.97 bits per heavy atom. The van der Waals surface area contributed by atoms with Crippen LogP contribution >= 0.6 is 0 Å². The van der Waals surface area contributed by atoms with Gasteiger partial charge in [0.05, 0.1) is 12.5 Å². The van der Waals surface area contributed by atoms with Crippen molar-refractivity contribution < 1.29 is 19.1 Å². The molecule has 0 saturated carbocycles. The molecule has 1 atom stereocenters. The Hall–Kier alpha value is -2.28. The van der Waals surface area contributed by atoms with E-state index in [1.54, 1.807) is 25.3 Å². The van der Waals surface area contributed by atoms with Crippen LogP contribution in [0.1, 0.15) is 56.3 Å². The first-order valence-electron chi connectivity index (χ1n) is 10.9. The number of nitrogen functional groups attached to an aromatic ring is 1. The minimum atomic E-state index is -0.370. The van der Waals surface area contributed by atoms with Crippen molar-refractivity contribution >= 4 is 17.6 Å². The Morgan fingerprint density at radius 1 is 1.23 bits per heavy atom. The molecule has 3 fully saturated rings. The summed E-state index contributed by atoms with van der Waals surface area (Å²) in [4.78, 5) is 30.1. The maximum atomic E-state index is 13.1. The second-order valence-electron chi connectivity index (χ2n) is 9.63. The molecule has 3 aliphatic rings. The fourth-order valence-electron chi connectivity index (χ4n) is 5.61. The fourth-order valence-corrected chi connectivity index (χ4v) is 5.61. The highest BCUT2D eigenvalue weighted by molar-refractivity contribution is 6.01. The molecular weight excluding hydrogens is 382 g/mol. The van der Waals surface area contributed by atoms with Crippen molar-refractivity contribution in [1.82, 2.24) is 9.80 Å². The molecule has 1 spiro atoms. The Balaban J connectivity index is 1.40. The van der Waals surface area contributed by atoms with Crippen LogP contribution in [-0.4, -0.2) is 66.6 Å². The van der Waals surface area contributed by atoms with Gasteiger partial charge in [-0.2, -0.15) is 0 Å². The molecule has 4 rings (SSSR count). The second-order valence-corrected chi connectivity index (χ2v) is 9.63. The molecule has 0 radical (unpaired) electrons. The number of cyclic esters (lactones) is 1. The lowest BCUT2D eigenvalue weighted by molar-refractivity contribution is -0.154. The average Bonchev–Trinajstić information content (AvgIpc) is 2.94. The second kappa shape index (κ2) is 7.76. The van der Waals surface area contributed by atoms with Crippen molar-refractivity contribution in [3.8, 4) is 5.75 Å². The molecule has 3 heterocycles. The molecule has 1 aromatic rings. The average molecular weight is 416 g/mol. The number of nitrogens with two attached hydrogens (primary N) is 1. The van der Waals surface area contributed by atoms with E-state index in [1.807, 2.05) is 18.7 Å². The van der Waals surface area contributed by atoms with Gasteiger partial charge >= 0.3 is 5.97 Å². The number of carbonyl (C=O) groups excluding carboxylic acids is 2. The molecule has 0 bridgehead atoms. The zero-order valence-corrected chi connectivity index (χ0v) is 18.3. The third-order valence-electron chi connectivity index (χ3n) is 6.93. The highest BCUT2D eigenvalue weighted by Gasteiger charge is 2.54. The molecule has 30 heavy (non-hydrogen) atoms. The number of anilines is 1. The summed E-state index contributed by atoms with van der Waals surface area (Å²) in [5, 5.41) is 0. The van der Waals surface area contributed by atoms with Crippen LogP contribution in [0.2, 0.25) is 0 Å². The van der Waals surface area contributed by atoms with E-state index in [0.29, 0.717) is 36.1 Å². The molecule has 3 aliphatic heterocycles. The molecule has 7 heteroatoms.